The van der Waals surface area contributed by atoms with Crippen molar-refractivity contribution in [1.82, 2.24) is 10.2 Å². The zero-order valence-electron chi connectivity index (χ0n) is 14.7. The van der Waals surface area contributed by atoms with Crippen molar-refractivity contribution in [2.75, 3.05) is 29.2 Å². The highest BCUT2D eigenvalue weighted by molar-refractivity contribution is 7.19. The Bertz CT molecular complexity index is 777. The molecule has 0 saturated carbocycles. The van der Waals surface area contributed by atoms with E-state index >= 15 is 0 Å². The van der Waals surface area contributed by atoms with Crippen LogP contribution < -0.4 is 15.5 Å². The molecule has 2 heterocycles. The number of anilines is 3. The van der Waals surface area contributed by atoms with Crippen LogP contribution in [0.5, 0.6) is 0 Å². The van der Waals surface area contributed by atoms with E-state index in [0.29, 0.717) is 22.4 Å². The number of carbonyl (C=O) groups is 2. The molecule has 0 unspecified atom stereocenters. The summed E-state index contributed by atoms with van der Waals surface area (Å²) >= 11 is 1.36. The first-order chi connectivity index (χ1) is 12.6. The molecule has 9 heteroatoms. The van der Waals surface area contributed by atoms with E-state index < -0.39 is 12.0 Å². The predicted molar refractivity (Wildman–Crippen MR) is 101 cm³/mol. The van der Waals surface area contributed by atoms with Crippen LogP contribution in [0.15, 0.2) is 24.3 Å². The second-order valence-electron chi connectivity index (χ2n) is 6.08. The molecular formula is C17H21N5O3S. The first-order valence-electron chi connectivity index (χ1n) is 8.43. The van der Waals surface area contributed by atoms with Crippen LogP contribution in [-0.4, -0.2) is 41.9 Å². The van der Waals surface area contributed by atoms with Crippen molar-refractivity contribution in [2.24, 2.45) is 0 Å². The third kappa shape index (κ3) is 4.29. The Kier molecular flexibility index (Phi) is 5.67. The standard InChI is InChI=1S/C17H21N5O3S/c1-11-5-3-4-10-22(11)17-21-20-16(26-17)19-15(24)18-13-8-6-12(7-9-13)14(23)25-2/h6-9,11H,3-5,10H2,1-2H3,(H2,18,19,20,24)/t11-/m1/s1. The molecule has 1 aromatic carbocycles. The maximum Gasteiger partial charge on any atom is 0.337 e. The minimum absolute atomic E-state index is 0.412. The number of methoxy groups -OCH3 is 1. The van der Waals surface area contributed by atoms with Gasteiger partial charge in [0.15, 0.2) is 0 Å². The number of ether oxygens (including phenoxy) is 1. The molecule has 1 saturated heterocycles. The number of nitrogens with zero attached hydrogens (tertiary/aromatic N) is 3. The summed E-state index contributed by atoms with van der Waals surface area (Å²) in [7, 11) is 1.32. The molecule has 8 nitrogen and oxygen atoms in total. The Labute approximate surface area is 155 Å². The summed E-state index contributed by atoms with van der Waals surface area (Å²) < 4.78 is 4.64. The molecule has 2 amide bonds. The van der Waals surface area contributed by atoms with Crippen LogP contribution in [0.1, 0.15) is 36.5 Å². The molecule has 0 bridgehead atoms. The fourth-order valence-electron chi connectivity index (χ4n) is 2.83. The van der Waals surface area contributed by atoms with Gasteiger partial charge in [0.1, 0.15) is 0 Å². The molecule has 26 heavy (non-hydrogen) atoms. The maximum atomic E-state index is 12.1. The van der Waals surface area contributed by atoms with Gasteiger partial charge in [0.25, 0.3) is 0 Å². The monoisotopic (exact) mass is 375 g/mol. The lowest BCUT2D eigenvalue weighted by atomic mass is 10.1. The van der Waals surface area contributed by atoms with Gasteiger partial charge in [-0.3, -0.25) is 5.32 Å². The van der Waals surface area contributed by atoms with Crippen LogP contribution in [0.3, 0.4) is 0 Å². The van der Waals surface area contributed by atoms with Gasteiger partial charge < -0.3 is 15.0 Å². The highest BCUT2D eigenvalue weighted by atomic mass is 32.1. The summed E-state index contributed by atoms with van der Waals surface area (Å²) in [6, 6.07) is 6.46. The number of nitrogens with one attached hydrogen (secondary N) is 2. The van der Waals surface area contributed by atoms with E-state index in [1.165, 1.54) is 24.9 Å². The van der Waals surface area contributed by atoms with Crippen molar-refractivity contribution in [3.05, 3.63) is 29.8 Å². The van der Waals surface area contributed by atoms with Crippen molar-refractivity contribution >= 4 is 39.3 Å². The molecule has 1 aromatic heterocycles. The van der Waals surface area contributed by atoms with Crippen LogP contribution in [0.25, 0.3) is 0 Å². The highest BCUT2D eigenvalue weighted by Crippen LogP contribution is 2.29. The SMILES string of the molecule is COC(=O)c1ccc(NC(=O)Nc2nnc(N3CCCC[C@H]3C)s2)cc1. The zero-order chi connectivity index (χ0) is 18.5. The number of amides is 2. The van der Waals surface area contributed by atoms with Gasteiger partial charge in [-0.2, -0.15) is 0 Å². The average Bonchev–Trinajstić information content (AvgIpc) is 3.10. The Balaban J connectivity index is 1.57. The van der Waals surface area contributed by atoms with Gasteiger partial charge in [-0.05, 0) is 50.5 Å². The summed E-state index contributed by atoms with van der Waals surface area (Å²) in [6.45, 7) is 3.15. The molecule has 0 radical (unpaired) electrons. The molecule has 1 atom stereocenters. The molecule has 2 aromatic rings. The number of piperidine rings is 1. The third-order valence-corrected chi connectivity index (χ3v) is 5.12. The molecule has 1 aliphatic rings. The van der Waals surface area contributed by atoms with E-state index in [2.05, 4.69) is 37.4 Å². The van der Waals surface area contributed by atoms with Crippen LogP contribution in [0.2, 0.25) is 0 Å². The summed E-state index contributed by atoms with van der Waals surface area (Å²) in [5, 5.41) is 14.9. The van der Waals surface area contributed by atoms with Crippen molar-refractivity contribution in [3.8, 4) is 0 Å². The summed E-state index contributed by atoms with van der Waals surface area (Å²) in [5.41, 5.74) is 0.979. The molecule has 2 N–H and O–H groups in total. The lowest BCUT2D eigenvalue weighted by Crippen LogP contribution is -2.37. The highest BCUT2D eigenvalue weighted by Gasteiger charge is 2.22. The molecule has 138 valence electrons. The first-order valence-corrected chi connectivity index (χ1v) is 9.25. The molecular weight excluding hydrogens is 354 g/mol. The van der Waals surface area contributed by atoms with Gasteiger partial charge in [0.05, 0.1) is 12.7 Å². The van der Waals surface area contributed by atoms with E-state index in [1.54, 1.807) is 24.3 Å². The number of carbonyl (C=O) groups excluding carboxylic acids is 2. The molecule has 0 spiro atoms. The van der Waals surface area contributed by atoms with Crippen LogP contribution >= 0.6 is 11.3 Å². The van der Waals surface area contributed by atoms with Gasteiger partial charge in [0.2, 0.25) is 10.3 Å². The zero-order valence-corrected chi connectivity index (χ0v) is 15.5. The predicted octanol–water partition coefficient (Wildman–Crippen LogP) is 3.35. The molecule has 0 aliphatic carbocycles. The van der Waals surface area contributed by atoms with E-state index in [1.807, 2.05) is 0 Å². The van der Waals surface area contributed by atoms with Crippen LogP contribution in [0.4, 0.5) is 20.7 Å². The number of benzene rings is 1. The van der Waals surface area contributed by atoms with Crippen LogP contribution in [-0.2, 0) is 4.74 Å². The van der Waals surface area contributed by atoms with E-state index in [-0.39, 0.29) is 0 Å². The fraction of sp³-hybridized carbons (Fsp3) is 0.412. The molecule has 3 rings (SSSR count). The minimum atomic E-state index is -0.422. The van der Waals surface area contributed by atoms with E-state index in [0.717, 1.165) is 24.5 Å². The second kappa shape index (κ2) is 8.13. The third-order valence-electron chi connectivity index (χ3n) is 4.25. The Morgan fingerprint density at radius 3 is 2.65 bits per heavy atom. The van der Waals surface area contributed by atoms with Crippen molar-refractivity contribution in [3.63, 3.8) is 0 Å². The van der Waals surface area contributed by atoms with E-state index in [9.17, 15) is 9.59 Å². The minimum Gasteiger partial charge on any atom is -0.465 e. The first kappa shape index (κ1) is 18.1. The Morgan fingerprint density at radius 1 is 1.19 bits per heavy atom. The fourth-order valence-corrected chi connectivity index (χ4v) is 3.70. The van der Waals surface area contributed by atoms with Crippen molar-refractivity contribution < 1.29 is 14.3 Å². The molecule has 1 aliphatic heterocycles. The summed E-state index contributed by atoms with van der Waals surface area (Å²) in [4.78, 5) is 25.8. The summed E-state index contributed by atoms with van der Waals surface area (Å²) in [5.74, 6) is -0.422. The van der Waals surface area contributed by atoms with Gasteiger partial charge in [-0.15, -0.1) is 10.2 Å². The van der Waals surface area contributed by atoms with Crippen LogP contribution in [0, 0.1) is 0 Å². The second-order valence-corrected chi connectivity index (χ2v) is 7.03. The Hall–Kier alpha value is -2.68. The number of hydrogen-bond acceptors (Lipinski definition) is 7. The number of urea groups is 1. The Morgan fingerprint density at radius 2 is 1.96 bits per heavy atom. The normalized spacial score (nSPS) is 16.8. The van der Waals surface area contributed by atoms with Gasteiger partial charge in [0, 0.05) is 18.3 Å². The van der Waals surface area contributed by atoms with Gasteiger partial charge in [-0.25, -0.2) is 9.59 Å². The van der Waals surface area contributed by atoms with Crippen molar-refractivity contribution in [2.45, 2.75) is 32.2 Å². The number of rotatable bonds is 4. The average molecular weight is 375 g/mol. The topological polar surface area (TPSA) is 96.4 Å². The lowest BCUT2D eigenvalue weighted by Gasteiger charge is -2.32. The van der Waals surface area contributed by atoms with Gasteiger partial charge >= 0.3 is 12.0 Å². The lowest BCUT2D eigenvalue weighted by molar-refractivity contribution is 0.0601. The number of esters is 1. The molecule has 1 fully saturated rings. The quantitative estimate of drug-likeness (QED) is 0.796. The number of aromatic nitrogens is 2. The largest absolute Gasteiger partial charge is 0.465 e. The number of hydrogen-bond donors (Lipinski definition) is 2. The van der Waals surface area contributed by atoms with Gasteiger partial charge in [-0.1, -0.05) is 11.3 Å². The maximum absolute atomic E-state index is 12.1. The van der Waals surface area contributed by atoms with Crippen molar-refractivity contribution in [1.29, 1.82) is 0 Å². The smallest absolute Gasteiger partial charge is 0.337 e. The summed E-state index contributed by atoms with van der Waals surface area (Å²) in [6.07, 6.45) is 3.53. The van der Waals surface area contributed by atoms with E-state index in [4.69, 9.17) is 0 Å².